The zero-order valence-corrected chi connectivity index (χ0v) is 13.1. The smallest absolute Gasteiger partial charge is 0.211 e. The van der Waals surface area contributed by atoms with Crippen molar-refractivity contribution in [2.45, 2.75) is 30.6 Å². The topological polar surface area (TPSA) is 70.0 Å². The first kappa shape index (κ1) is 14.8. The highest BCUT2D eigenvalue weighted by Crippen LogP contribution is 2.48. The number of halogens is 1. The molecule has 112 valence electrons. The molecule has 0 saturated heterocycles. The first-order chi connectivity index (χ1) is 10.0. The third kappa shape index (κ3) is 3.39. The van der Waals surface area contributed by atoms with Crippen molar-refractivity contribution in [3.05, 3.63) is 28.8 Å². The third-order valence-electron chi connectivity index (χ3n) is 4.34. The summed E-state index contributed by atoms with van der Waals surface area (Å²) in [4.78, 5) is 0.122. The lowest BCUT2D eigenvalue weighted by Crippen LogP contribution is -2.31. The Morgan fingerprint density at radius 3 is 2.38 bits per heavy atom. The van der Waals surface area contributed by atoms with Crippen LogP contribution in [0.1, 0.15) is 31.2 Å². The lowest BCUT2D eigenvalue weighted by atomic mass is 9.99. The number of rotatable bonds is 6. The zero-order chi connectivity index (χ0) is 15.0. The van der Waals surface area contributed by atoms with Gasteiger partial charge >= 0.3 is 0 Å². The molecule has 1 aromatic carbocycles. The molecular formula is C15H17ClN2O2S. The van der Waals surface area contributed by atoms with Crippen LogP contribution in [-0.2, 0) is 10.0 Å². The van der Waals surface area contributed by atoms with Crippen LogP contribution >= 0.6 is 11.6 Å². The standard InChI is InChI=1S/C15H17ClN2O2S/c16-15-7-13(6-5-12(15)8-17)21(19,20)18-9-14(10-1-2-10)11-3-4-11/h5-7,10-11,14,18H,1-4,9H2. The van der Waals surface area contributed by atoms with E-state index >= 15 is 0 Å². The van der Waals surface area contributed by atoms with Gasteiger partial charge in [-0.25, -0.2) is 13.1 Å². The first-order valence-corrected chi connectivity index (χ1v) is 9.06. The largest absolute Gasteiger partial charge is 0.240 e. The Morgan fingerprint density at radius 2 is 1.90 bits per heavy atom. The van der Waals surface area contributed by atoms with E-state index in [4.69, 9.17) is 16.9 Å². The molecule has 2 aliphatic rings. The van der Waals surface area contributed by atoms with Crippen LogP contribution in [0.5, 0.6) is 0 Å². The van der Waals surface area contributed by atoms with Crippen LogP contribution in [-0.4, -0.2) is 15.0 Å². The monoisotopic (exact) mass is 324 g/mol. The minimum atomic E-state index is -3.56. The number of hydrogen-bond acceptors (Lipinski definition) is 3. The molecule has 4 nitrogen and oxygen atoms in total. The van der Waals surface area contributed by atoms with Gasteiger partial charge in [0.05, 0.1) is 15.5 Å². The maximum absolute atomic E-state index is 12.3. The van der Waals surface area contributed by atoms with Gasteiger partial charge in [-0.3, -0.25) is 0 Å². The van der Waals surface area contributed by atoms with E-state index in [1.165, 1.54) is 43.9 Å². The number of nitrogens with one attached hydrogen (secondary N) is 1. The normalized spacial score (nSPS) is 18.7. The van der Waals surface area contributed by atoms with Crippen LogP contribution in [0.4, 0.5) is 0 Å². The number of nitriles is 1. The average Bonchev–Trinajstić information content (AvgIpc) is 3.32. The van der Waals surface area contributed by atoms with Crippen molar-refractivity contribution in [1.82, 2.24) is 4.72 Å². The summed E-state index contributed by atoms with van der Waals surface area (Å²) in [7, 11) is -3.56. The van der Waals surface area contributed by atoms with Gasteiger partial charge < -0.3 is 0 Å². The number of sulfonamides is 1. The van der Waals surface area contributed by atoms with Gasteiger partial charge in [-0.1, -0.05) is 11.6 Å². The Hall–Kier alpha value is -1.09. The predicted octanol–water partition coefficient (Wildman–Crippen LogP) is 2.93. The summed E-state index contributed by atoms with van der Waals surface area (Å²) < 4.78 is 27.4. The zero-order valence-electron chi connectivity index (χ0n) is 11.5. The molecule has 1 N–H and O–H groups in total. The van der Waals surface area contributed by atoms with Gasteiger partial charge in [-0.15, -0.1) is 0 Å². The Kier molecular flexibility index (Phi) is 3.96. The van der Waals surface area contributed by atoms with Gasteiger partial charge in [-0.2, -0.15) is 5.26 Å². The molecule has 3 rings (SSSR count). The highest BCUT2D eigenvalue weighted by molar-refractivity contribution is 7.89. The molecule has 0 radical (unpaired) electrons. The Morgan fingerprint density at radius 1 is 1.29 bits per heavy atom. The molecule has 1 aromatic rings. The van der Waals surface area contributed by atoms with Crippen LogP contribution in [0.25, 0.3) is 0 Å². The van der Waals surface area contributed by atoms with Crippen molar-refractivity contribution >= 4 is 21.6 Å². The molecule has 0 atom stereocenters. The lowest BCUT2D eigenvalue weighted by Gasteiger charge is -2.16. The fourth-order valence-electron chi connectivity index (χ4n) is 2.81. The number of benzene rings is 1. The maximum atomic E-state index is 12.3. The summed E-state index contributed by atoms with van der Waals surface area (Å²) in [6.45, 7) is 0.509. The molecule has 0 heterocycles. The fourth-order valence-corrected chi connectivity index (χ4v) is 4.20. The molecule has 2 aliphatic carbocycles. The second-order valence-electron chi connectivity index (χ2n) is 5.94. The highest BCUT2D eigenvalue weighted by atomic mass is 35.5. The van der Waals surface area contributed by atoms with E-state index in [1.54, 1.807) is 0 Å². The van der Waals surface area contributed by atoms with Gasteiger partial charge in [0, 0.05) is 6.54 Å². The van der Waals surface area contributed by atoms with Crippen LogP contribution < -0.4 is 4.72 Å². The third-order valence-corrected chi connectivity index (χ3v) is 6.07. The van der Waals surface area contributed by atoms with Crippen molar-refractivity contribution in [2.75, 3.05) is 6.54 Å². The van der Waals surface area contributed by atoms with E-state index in [9.17, 15) is 8.42 Å². The molecular weight excluding hydrogens is 308 g/mol. The van der Waals surface area contributed by atoms with Gasteiger partial charge in [0.2, 0.25) is 10.0 Å². The molecule has 0 unspecified atom stereocenters. The van der Waals surface area contributed by atoms with E-state index in [1.807, 2.05) is 6.07 Å². The highest BCUT2D eigenvalue weighted by Gasteiger charge is 2.41. The predicted molar refractivity (Wildman–Crippen MR) is 80.3 cm³/mol. The average molecular weight is 325 g/mol. The van der Waals surface area contributed by atoms with Crippen molar-refractivity contribution in [3.63, 3.8) is 0 Å². The van der Waals surface area contributed by atoms with Gasteiger partial charge in [0.15, 0.2) is 0 Å². The van der Waals surface area contributed by atoms with E-state index in [2.05, 4.69) is 4.72 Å². The van der Waals surface area contributed by atoms with E-state index < -0.39 is 10.0 Å². The first-order valence-electron chi connectivity index (χ1n) is 7.20. The molecule has 0 amide bonds. The SMILES string of the molecule is N#Cc1ccc(S(=O)(=O)NCC(C2CC2)C2CC2)cc1Cl. The Bertz CT molecular complexity index is 676. The second kappa shape index (κ2) is 5.60. The van der Waals surface area contributed by atoms with Crippen LogP contribution in [0, 0.1) is 29.1 Å². The van der Waals surface area contributed by atoms with E-state index in [0.29, 0.717) is 24.3 Å². The van der Waals surface area contributed by atoms with Gasteiger partial charge in [0.25, 0.3) is 0 Å². The summed E-state index contributed by atoms with van der Waals surface area (Å²) >= 11 is 5.90. The molecule has 6 heteroatoms. The molecule has 2 fully saturated rings. The molecule has 0 spiro atoms. The molecule has 0 aromatic heterocycles. The maximum Gasteiger partial charge on any atom is 0.240 e. The minimum Gasteiger partial charge on any atom is -0.211 e. The Balaban J connectivity index is 1.71. The summed E-state index contributed by atoms with van der Waals surface area (Å²) in [5.41, 5.74) is 0.282. The summed E-state index contributed by atoms with van der Waals surface area (Å²) in [6, 6.07) is 6.13. The molecule has 0 bridgehead atoms. The Labute approximate surface area is 130 Å². The van der Waals surface area contributed by atoms with Crippen molar-refractivity contribution in [1.29, 1.82) is 5.26 Å². The van der Waals surface area contributed by atoms with E-state index in [0.717, 1.165) is 0 Å². The molecule has 2 saturated carbocycles. The van der Waals surface area contributed by atoms with Crippen molar-refractivity contribution in [2.24, 2.45) is 17.8 Å². The fraction of sp³-hybridized carbons (Fsp3) is 0.533. The molecule has 0 aliphatic heterocycles. The van der Waals surface area contributed by atoms with Crippen molar-refractivity contribution in [3.8, 4) is 6.07 Å². The molecule has 21 heavy (non-hydrogen) atoms. The lowest BCUT2D eigenvalue weighted by molar-refractivity contribution is 0.401. The minimum absolute atomic E-state index is 0.122. The van der Waals surface area contributed by atoms with Crippen LogP contribution in [0.15, 0.2) is 23.1 Å². The second-order valence-corrected chi connectivity index (χ2v) is 8.12. The summed E-state index contributed by atoms with van der Waals surface area (Å²) in [5, 5.41) is 8.99. The van der Waals surface area contributed by atoms with Crippen molar-refractivity contribution < 1.29 is 8.42 Å². The van der Waals surface area contributed by atoms with Crippen LogP contribution in [0.3, 0.4) is 0 Å². The quantitative estimate of drug-likeness (QED) is 0.874. The van der Waals surface area contributed by atoms with Crippen LogP contribution in [0.2, 0.25) is 5.02 Å². The number of hydrogen-bond donors (Lipinski definition) is 1. The van der Waals surface area contributed by atoms with E-state index in [-0.39, 0.29) is 15.5 Å². The van der Waals surface area contributed by atoms with Gasteiger partial charge in [-0.05, 0) is 61.6 Å². The number of nitrogens with zero attached hydrogens (tertiary/aromatic N) is 1. The summed E-state index contributed by atoms with van der Waals surface area (Å²) in [5.74, 6) is 1.88. The summed E-state index contributed by atoms with van der Waals surface area (Å²) in [6.07, 6.45) is 4.91. The van der Waals surface area contributed by atoms with Gasteiger partial charge in [0.1, 0.15) is 6.07 Å².